The van der Waals surface area contributed by atoms with Gasteiger partial charge in [-0.25, -0.2) is 4.79 Å². The Morgan fingerprint density at radius 1 is 1.08 bits per heavy atom. The first kappa shape index (κ1) is 17.3. The van der Waals surface area contributed by atoms with Crippen LogP contribution in [-0.4, -0.2) is 44.0 Å². The maximum absolute atomic E-state index is 11.9. The third-order valence-corrected chi connectivity index (χ3v) is 4.14. The number of rotatable bonds is 5. The van der Waals surface area contributed by atoms with E-state index in [1.54, 1.807) is 12.1 Å². The Morgan fingerprint density at radius 3 is 2.44 bits per heavy atom. The van der Waals surface area contributed by atoms with Crippen LogP contribution in [0.25, 0.3) is 0 Å². The number of carbonyl (C=O) groups is 1. The van der Waals surface area contributed by atoms with Gasteiger partial charge in [-0.2, -0.15) is 0 Å². The Bertz CT molecular complexity index is 670. The summed E-state index contributed by atoms with van der Waals surface area (Å²) in [5, 5.41) is 15.7. The summed E-state index contributed by atoms with van der Waals surface area (Å²) in [6.07, 6.45) is -0.750. The fourth-order valence-electron chi connectivity index (χ4n) is 2.73. The lowest BCUT2D eigenvalue weighted by Gasteiger charge is -2.29. The molecular formula is C19H23N3O3. The molecule has 25 heavy (non-hydrogen) atoms. The van der Waals surface area contributed by atoms with Crippen molar-refractivity contribution < 1.29 is 14.6 Å². The molecule has 1 atom stereocenters. The highest BCUT2D eigenvalue weighted by molar-refractivity contribution is 5.89. The summed E-state index contributed by atoms with van der Waals surface area (Å²) in [7, 11) is 0. The molecule has 0 bridgehead atoms. The Labute approximate surface area is 147 Å². The summed E-state index contributed by atoms with van der Waals surface area (Å²) >= 11 is 0. The van der Waals surface area contributed by atoms with E-state index in [1.165, 1.54) is 0 Å². The molecule has 2 aromatic rings. The maximum Gasteiger partial charge on any atom is 0.319 e. The summed E-state index contributed by atoms with van der Waals surface area (Å²) in [5.41, 5.74) is 2.61. The van der Waals surface area contributed by atoms with Crippen molar-refractivity contribution in [3.8, 4) is 0 Å². The van der Waals surface area contributed by atoms with Gasteiger partial charge < -0.3 is 25.4 Å². The van der Waals surface area contributed by atoms with Crippen molar-refractivity contribution in [2.24, 2.45) is 0 Å². The molecule has 0 aliphatic carbocycles. The number of anilines is 2. The lowest BCUT2D eigenvalue weighted by molar-refractivity contribution is 0.122. The number of aliphatic hydroxyl groups excluding tert-OH is 1. The minimum absolute atomic E-state index is 0.148. The number of urea groups is 1. The second-order valence-electron chi connectivity index (χ2n) is 5.91. The third kappa shape index (κ3) is 4.95. The highest BCUT2D eigenvalue weighted by atomic mass is 16.5. The zero-order chi connectivity index (χ0) is 17.5. The van der Waals surface area contributed by atoms with Crippen molar-refractivity contribution >= 4 is 17.4 Å². The number of nitrogens with zero attached hydrogens (tertiary/aromatic N) is 1. The summed E-state index contributed by atoms with van der Waals surface area (Å²) in [4.78, 5) is 14.1. The molecular weight excluding hydrogens is 318 g/mol. The van der Waals surface area contributed by atoms with Crippen molar-refractivity contribution in [3.63, 3.8) is 0 Å². The van der Waals surface area contributed by atoms with Gasteiger partial charge in [-0.3, -0.25) is 0 Å². The second kappa shape index (κ2) is 8.50. The van der Waals surface area contributed by atoms with Gasteiger partial charge in [0, 0.05) is 31.0 Å². The van der Waals surface area contributed by atoms with E-state index in [-0.39, 0.29) is 12.6 Å². The third-order valence-electron chi connectivity index (χ3n) is 4.14. The highest BCUT2D eigenvalue weighted by Crippen LogP contribution is 2.20. The average Bonchev–Trinajstić information content (AvgIpc) is 2.68. The molecule has 3 rings (SSSR count). The summed E-state index contributed by atoms with van der Waals surface area (Å²) in [6, 6.07) is 16.6. The minimum atomic E-state index is -0.750. The Morgan fingerprint density at radius 2 is 1.76 bits per heavy atom. The molecule has 1 unspecified atom stereocenters. The van der Waals surface area contributed by atoms with Crippen LogP contribution in [0.4, 0.5) is 16.2 Å². The predicted octanol–water partition coefficient (Wildman–Crippen LogP) is 2.38. The molecule has 1 heterocycles. The molecule has 3 N–H and O–H groups in total. The molecule has 6 nitrogen and oxygen atoms in total. The van der Waals surface area contributed by atoms with E-state index in [4.69, 9.17) is 4.74 Å². The number of para-hydroxylation sites is 1. The van der Waals surface area contributed by atoms with E-state index in [2.05, 4.69) is 15.5 Å². The normalized spacial score (nSPS) is 15.5. The van der Waals surface area contributed by atoms with Crippen molar-refractivity contribution in [3.05, 3.63) is 60.2 Å². The van der Waals surface area contributed by atoms with Crippen LogP contribution in [0.2, 0.25) is 0 Å². The van der Waals surface area contributed by atoms with Crippen LogP contribution in [0.3, 0.4) is 0 Å². The van der Waals surface area contributed by atoms with Gasteiger partial charge in [0.05, 0.1) is 19.3 Å². The van der Waals surface area contributed by atoms with Crippen molar-refractivity contribution in [1.82, 2.24) is 5.32 Å². The molecule has 0 aromatic heterocycles. The average molecular weight is 341 g/mol. The predicted molar refractivity (Wildman–Crippen MR) is 97.9 cm³/mol. The first-order chi connectivity index (χ1) is 12.2. The molecule has 1 aliphatic rings. The number of hydrogen-bond acceptors (Lipinski definition) is 4. The highest BCUT2D eigenvalue weighted by Gasteiger charge is 2.13. The van der Waals surface area contributed by atoms with Crippen LogP contribution >= 0.6 is 0 Å². The molecule has 0 radical (unpaired) electrons. The minimum Gasteiger partial charge on any atom is -0.387 e. The van der Waals surface area contributed by atoms with Crippen LogP contribution in [-0.2, 0) is 4.74 Å². The van der Waals surface area contributed by atoms with E-state index in [0.29, 0.717) is 5.69 Å². The van der Waals surface area contributed by atoms with Gasteiger partial charge in [0.1, 0.15) is 0 Å². The monoisotopic (exact) mass is 341 g/mol. The van der Waals surface area contributed by atoms with Gasteiger partial charge in [0.25, 0.3) is 0 Å². The molecule has 1 fully saturated rings. The standard InChI is InChI=1S/C19H23N3O3/c23-18(14-20-19(24)21-16-4-2-1-3-5-16)15-6-8-17(9-7-15)22-10-12-25-13-11-22/h1-9,18,23H,10-14H2,(H2,20,21,24). The molecule has 0 spiro atoms. The van der Waals surface area contributed by atoms with Crippen LogP contribution in [0.15, 0.2) is 54.6 Å². The molecule has 1 aliphatic heterocycles. The van der Waals surface area contributed by atoms with Crippen LogP contribution in [0, 0.1) is 0 Å². The van der Waals surface area contributed by atoms with Gasteiger partial charge in [-0.05, 0) is 29.8 Å². The van der Waals surface area contributed by atoms with Gasteiger partial charge in [0.2, 0.25) is 0 Å². The van der Waals surface area contributed by atoms with E-state index in [1.807, 2.05) is 42.5 Å². The Balaban J connectivity index is 1.49. The lowest BCUT2D eigenvalue weighted by atomic mass is 10.1. The fraction of sp³-hybridized carbons (Fsp3) is 0.316. The first-order valence-corrected chi connectivity index (χ1v) is 8.43. The summed E-state index contributed by atoms with van der Waals surface area (Å²) in [5.74, 6) is 0. The molecule has 132 valence electrons. The van der Waals surface area contributed by atoms with E-state index in [0.717, 1.165) is 37.6 Å². The smallest absolute Gasteiger partial charge is 0.319 e. The Kier molecular flexibility index (Phi) is 5.87. The fourth-order valence-corrected chi connectivity index (χ4v) is 2.73. The first-order valence-electron chi connectivity index (χ1n) is 8.43. The van der Waals surface area contributed by atoms with Crippen molar-refractivity contribution in [1.29, 1.82) is 0 Å². The number of aliphatic hydroxyl groups is 1. The zero-order valence-electron chi connectivity index (χ0n) is 14.0. The number of amides is 2. The van der Waals surface area contributed by atoms with Gasteiger partial charge in [0.15, 0.2) is 0 Å². The number of hydrogen-bond donors (Lipinski definition) is 3. The number of carbonyl (C=O) groups excluding carboxylic acids is 1. The van der Waals surface area contributed by atoms with Crippen molar-refractivity contribution in [2.45, 2.75) is 6.10 Å². The quantitative estimate of drug-likeness (QED) is 0.781. The molecule has 0 saturated carbocycles. The lowest BCUT2D eigenvalue weighted by Crippen LogP contribution is -2.36. The maximum atomic E-state index is 11.9. The van der Waals surface area contributed by atoms with Gasteiger partial charge in [-0.1, -0.05) is 30.3 Å². The van der Waals surface area contributed by atoms with E-state index < -0.39 is 6.10 Å². The summed E-state index contributed by atoms with van der Waals surface area (Å²) < 4.78 is 5.35. The number of morpholine rings is 1. The molecule has 6 heteroatoms. The molecule has 1 saturated heterocycles. The molecule has 2 aromatic carbocycles. The van der Waals surface area contributed by atoms with E-state index >= 15 is 0 Å². The summed E-state index contributed by atoms with van der Waals surface area (Å²) in [6.45, 7) is 3.39. The SMILES string of the molecule is O=C(NCC(O)c1ccc(N2CCOCC2)cc1)Nc1ccccc1. The largest absolute Gasteiger partial charge is 0.387 e. The number of nitrogens with one attached hydrogen (secondary N) is 2. The molecule has 2 amide bonds. The van der Waals surface area contributed by atoms with Gasteiger partial charge in [-0.15, -0.1) is 0 Å². The zero-order valence-corrected chi connectivity index (χ0v) is 14.0. The number of benzene rings is 2. The van der Waals surface area contributed by atoms with E-state index in [9.17, 15) is 9.90 Å². The second-order valence-corrected chi connectivity index (χ2v) is 5.91. The van der Waals surface area contributed by atoms with Gasteiger partial charge >= 0.3 is 6.03 Å². The number of ether oxygens (including phenoxy) is 1. The topological polar surface area (TPSA) is 73.8 Å². The van der Waals surface area contributed by atoms with Crippen LogP contribution < -0.4 is 15.5 Å². The van der Waals surface area contributed by atoms with Crippen molar-refractivity contribution in [2.75, 3.05) is 43.1 Å². The Hall–Kier alpha value is -2.57. The van der Waals surface area contributed by atoms with Crippen LogP contribution in [0.5, 0.6) is 0 Å². The van der Waals surface area contributed by atoms with Crippen LogP contribution in [0.1, 0.15) is 11.7 Å².